The molecule has 1 aliphatic heterocycles. The molecule has 1 aromatic heterocycles. The molecule has 0 amide bonds. The standard InChI is InChI=1S/C14H22BrN3O/c1-10(2)18-14(12(15)9-17-18)13(19)6-5-11-4-3-7-16-8-11/h9-11,16H,3-8H2,1-2H3. The molecule has 0 aromatic carbocycles. The van der Waals surface area contributed by atoms with Crippen molar-refractivity contribution in [1.82, 2.24) is 15.1 Å². The molecular weight excluding hydrogens is 306 g/mol. The second-order valence-corrected chi connectivity index (χ2v) is 6.41. The minimum absolute atomic E-state index is 0.198. The Morgan fingerprint density at radius 1 is 1.63 bits per heavy atom. The van der Waals surface area contributed by atoms with Crippen LogP contribution in [0, 0.1) is 5.92 Å². The van der Waals surface area contributed by atoms with Crippen LogP contribution in [0.1, 0.15) is 56.1 Å². The first kappa shape index (κ1) is 14.7. The van der Waals surface area contributed by atoms with Crippen LogP contribution in [0.25, 0.3) is 0 Å². The van der Waals surface area contributed by atoms with Crippen LogP contribution in [0.3, 0.4) is 0 Å². The lowest BCUT2D eigenvalue weighted by Gasteiger charge is -2.22. The van der Waals surface area contributed by atoms with E-state index in [1.807, 2.05) is 18.5 Å². The molecule has 1 saturated heterocycles. The Morgan fingerprint density at radius 3 is 3.05 bits per heavy atom. The number of hydrogen-bond donors (Lipinski definition) is 1. The molecule has 0 saturated carbocycles. The van der Waals surface area contributed by atoms with Crippen molar-refractivity contribution < 1.29 is 4.79 Å². The van der Waals surface area contributed by atoms with E-state index in [4.69, 9.17) is 0 Å². The van der Waals surface area contributed by atoms with E-state index in [1.165, 1.54) is 12.8 Å². The largest absolute Gasteiger partial charge is 0.316 e. The van der Waals surface area contributed by atoms with Crippen LogP contribution in [0.4, 0.5) is 0 Å². The van der Waals surface area contributed by atoms with Crippen molar-refractivity contribution in [2.75, 3.05) is 13.1 Å². The zero-order chi connectivity index (χ0) is 13.8. The summed E-state index contributed by atoms with van der Waals surface area (Å²) in [6.45, 7) is 6.26. The average molecular weight is 328 g/mol. The van der Waals surface area contributed by atoms with Gasteiger partial charge in [-0.2, -0.15) is 5.10 Å². The number of carbonyl (C=O) groups is 1. The van der Waals surface area contributed by atoms with E-state index in [0.29, 0.717) is 12.3 Å². The van der Waals surface area contributed by atoms with Crippen molar-refractivity contribution in [3.8, 4) is 0 Å². The number of nitrogens with zero attached hydrogens (tertiary/aromatic N) is 2. The van der Waals surface area contributed by atoms with Gasteiger partial charge >= 0.3 is 0 Å². The Labute approximate surface area is 123 Å². The van der Waals surface area contributed by atoms with Gasteiger partial charge in [0, 0.05) is 12.5 Å². The van der Waals surface area contributed by atoms with Gasteiger partial charge in [0.2, 0.25) is 0 Å². The van der Waals surface area contributed by atoms with Crippen molar-refractivity contribution in [1.29, 1.82) is 0 Å². The molecule has 0 spiro atoms. The van der Waals surface area contributed by atoms with Crippen LogP contribution in [0.5, 0.6) is 0 Å². The monoisotopic (exact) mass is 327 g/mol. The molecular formula is C14H22BrN3O. The summed E-state index contributed by atoms with van der Waals surface area (Å²) in [4.78, 5) is 12.4. The first-order chi connectivity index (χ1) is 9.09. The summed E-state index contributed by atoms with van der Waals surface area (Å²) in [7, 11) is 0. The fourth-order valence-corrected chi connectivity index (χ4v) is 3.11. The molecule has 2 heterocycles. The van der Waals surface area contributed by atoms with Gasteiger partial charge in [-0.05, 0) is 68.0 Å². The Hall–Kier alpha value is -0.680. The highest BCUT2D eigenvalue weighted by Crippen LogP contribution is 2.23. The average Bonchev–Trinajstić information content (AvgIpc) is 2.79. The quantitative estimate of drug-likeness (QED) is 0.845. The molecule has 1 unspecified atom stereocenters. The second-order valence-electron chi connectivity index (χ2n) is 5.55. The lowest BCUT2D eigenvalue weighted by Crippen LogP contribution is -2.30. The normalized spacial score (nSPS) is 19.9. The Balaban J connectivity index is 1.97. The minimum Gasteiger partial charge on any atom is -0.316 e. The van der Waals surface area contributed by atoms with Crippen LogP contribution in [0.15, 0.2) is 10.7 Å². The smallest absolute Gasteiger partial charge is 0.182 e. The van der Waals surface area contributed by atoms with Gasteiger partial charge < -0.3 is 5.32 Å². The Morgan fingerprint density at radius 2 is 2.42 bits per heavy atom. The maximum Gasteiger partial charge on any atom is 0.182 e. The molecule has 0 radical (unpaired) electrons. The van der Waals surface area contributed by atoms with Gasteiger partial charge in [-0.25, -0.2) is 0 Å². The number of ketones is 1. The third kappa shape index (κ3) is 3.66. The molecule has 1 aromatic rings. The van der Waals surface area contributed by atoms with Gasteiger partial charge in [-0.15, -0.1) is 0 Å². The Bertz CT molecular complexity index is 436. The molecule has 0 bridgehead atoms. The van der Waals surface area contributed by atoms with Gasteiger partial charge in [0.15, 0.2) is 5.78 Å². The highest BCUT2D eigenvalue weighted by Gasteiger charge is 2.20. The summed E-state index contributed by atoms with van der Waals surface area (Å²) < 4.78 is 2.62. The number of hydrogen-bond acceptors (Lipinski definition) is 3. The molecule has 0 aliphatic carbocycles. The van der Waals surface area contributed by atoms with E-state index < -0.39 is 0 Å². The summed E-state index contributed by atoms with van der Waals surface area (Å²) in [5, 5.41) is 7.66. The van der Waals surface area contributed by atoms with Crippen LogP contribution in [0.2, 0.25) is 0 Å². The fourth-order valence-electron chi connectivity index (χ4n) is 2.62. The molecule has 2 rings (SSSR count). The number of halogens is 1. The molecule has 19 heavy (non-hydrogen) atoms. The van der Waals surface area contributed by atoms with Crippen molar-refractivity contribution >= 4 is 21.7 Å². The first-order valence-electron chi connectivity index (χ1n) is 7.06. The minimum atomic E-state index is 0.198. The van der Waals surface area contributed by atoms with Gasteiger partial charge in [0.25, 0.3) is 0 Å². The number of aromatic nitrogens is 2. The SMILES string of the molecule is CC(C)n1ncc(Br)c1C(=O)CCC1CCCNC1. The zero-order valence-electron chi connectivity index (χ0n) is 11.7. The summed E-state index contributed by atoms with van der Waals surface area (Å²) in [5.74, 6) is 0.843. The molecule has 1 aliphatic rings. The zero-order valence-corrected chi connectivity index (χ0v) is 13.2. The highest BCUT2D eigenvalue weighted by molar-refractivity contribution is 9.10. The first-order valence-corrected chi connectivity index (χ1v) is 7.85. The van der Waals surface area contributed by atoms with Crippen LogP contribution in [-0.2, 0) is 0 Å². The van der Waals surface area contributed by atoms with Crippen LogP contribution < -0.4 is 5.32 Å². The molecule has 5 heteroatoms. The lowest BCUT2D eigenvalue weighted by atomic mass is 9.93. The maximum atomic E-state index is 12.4. The fraction of sp³-hybridized carbons (Fsp3) is 0.714. The van der Waals surface area contributed by atoms with Crippen LogP contribution >= 0.6 is 15.9 Å². The van der Waals surface area contributed by atoms with E-state index in [-0.39, 0.29) is 11.8 Å². The second kappa shape index (κ2) is 6.66. The van der Waals surface area contributed by atoms with E-state index in [2.05, 4.69) is 26.3 Å². The third-order valence-corrected chi connectivity index (χ3v) is 4.26. The summed E-state index contributed by atoms with van der Waals surface area (Å²) >= 11 is 3.44. The van der Waals surface area contributed by atoms with Gasteiger partial charge in [-0.3, -0.25) is 9.48 Å². The summed E-state index contributed by atoms with van der Waals surface area (Å²) in [5.41, 5.74) is 0.721. The van der Waals surface area contributed by atoms with Crippen LogP contribution in [-0.4, -0.2) is 28.7 Å². The number of rotatable bonds is 5. The summed E-state index contributed by atoms with van der Waals surface area (Å²) in [6.07, 6.45) is 5.78. The maximum absolute atomic E-state index is 12.4. The van der Waals surface area contributed by atoms with Crippen molar-refractivity contribution in [2.45, 2.75) is 45.6 Å². The van der Waals surface area contributed by atoms with E-state index >= 15 is 0 Å². The van der Waals surface area contributed by atoms with Gasteiger partial charge in [0.05, 0.1) is 10.7 Å². The predicted molar refractivity (Wildman–Crippen MR) is 79.5 cm³/mol. The molecule has 1 N–H and O–H groups in total. The van der Waals surface area contributed by atoms with E-state index in [1.54, 1.807) is 6.20 Å². The molecule has 4 nitrogen and oxygen atoms in total. The molecule has 1 fully saturated rings. The number of nitrogens with one attached hydrogen (secondary N) is 1. The van der Waals surface area contributed by atoms with Crippen molar-refractivity contribution in [2.24, 2.45) is 5.92 Å². The van der Waals surface area contributed by atoms with E-state index in [9.17, 15) is 4.79 Å². The number of carbonyl (C=O) groups excluding carboxylic acids is 1. The topological polar surface area (TPSA) is 46.9 Å². The summed E-state index contributed by atoms with van der Waals surface area (Å²) in [6, 6.07) is 0.210. The number of Topliss-reactive ketones (excluding diaryl/α,β-unsaturated/α-hetero) is 1. The van der Waals surface area contributed by atoms with Gasteiger partial charge in [-0.1, -0.05) is 0 Å². The van der Waals surface area contributed by atoms with Crippen molar-refractivity contribution in [3.63, 3.8) is 0 Å². The lowest BCUT2D eigenvalue weighted by molar-refractivity contribution is 0.0958. The Kier molecular flexibility index (Phi) is 5.16. The predicted octanol–water partition coefficient (Wildman–Crippen LogP) is 3.19. The molecule has 106 valence electrons. The molecule has 1 atom stereocenters. The number of piperidine rings is 1. The van der Waals surface area contributed by atoms with Gasteiger partial charge in [0.1, 0.15) is 5.69 Å². The highest BCUT2D eigenvalue weighted by atomic mass is 79.9. The van der Waals surface area contributed by atoms with Crippen molar-refractivity contribution in [3.05, 3.63) is 16.4 Å². The van der Waals surface area contributed by atoms with E-state index in [0.717, 1.165) is 29.7 Å². The third-order valence-electron chi connectivity index (χ3n) is 3.68.